The average Bonchev–Trinajstić information content (AvgIpc) is 3.14. The van der Waals surface area contributed by atoms with Crippen LogP contribution in [0, 0.1) is 17.5 Å². The molecule has 7 nitrogen and oxygen atoms in total. The maximum absolute atomic E-state index is 14.2. The van der Waals surface area contributed by atoms with Crippen LogP contribution in [0.5, 0.6) is 0 Å². The van der Waals surface area contributed by atoms with Gasteiger partial charge in [0.2, 0.25) is 11.7 Å². The first-order valence-electron chi connectivity index (χ1n) is 10.3. The van der Waals surface area contributed by atoms with Crippen LogP contribution in [0.15, 0.2) is 12.1 Å². The summed E-state index contributed by atoms with van der Waals surface area (Å²) in [5.74, 6) is -5.37. The summed E-state index contributed by atoms with van der Waals surface area (Å²) in [6, 6.07) is 0.128. The lowest BCUT2D eigenvalue weighted by Crippen LogP contribution is -2.46. The van der Waals surface area contributed by atoms with E-state index < -0.39 is 57.1 Å². The van der Waals surface area contributed by atoms with Gasteiger partial charge in [0.1, 0.15) is 5.82 Å². The van der Waals surface area contributed by atoms with Crippen LogP contribution < -0.4 is 4.72 Å². The van der Waals surface area contributed by atoms with Crippen molar-refractivity contribution in [1.29, 1.82) is 0 Å². The Morgan fingerprint density at radius 1 is 1.09 bits per heavy atom. The lowest BCUT2D eigenvalue weighted by molar-refractivity contribution is -0.148. The normalized spacial score (nSPS) is 16.3. The highest BCUT2D eigenvalue weighted by Crippen LogP contribution is 2.29. The molecular weight excluding hydrogens is 488 g/mol. The summed E-state index contributed by atoms with van der Waals surface area (Å²) < 4.78 is 95.7. The van der Waals surface area contributed by atoms with Gasteiger partial charge in [-0.25, -0.2) is 22.1 Å². The minimum Gasteiger partial charge on any atom is -0.333 e. The van der Waals surface area contributed by atoms with Crippen LogP contribution in [0.4, 0.5) is 26.3 Å². The maximum Gasteiger partial charge on any atom is 0.451 e. The Labute approximate surface area is 194 Å². The second-order valence-electron chi connectivity index (χ2n) is 8.87. The number of hydrogen-bond acceptors (Lipinski definition) is 4. The quantitative estimate of drug-likeness (QED) is 0.478. The van der Waals surface area contributed by atoms with Crippen molar-refractivity contribution in [3.8, 4) is 0 Å². The van der Waals surface area contributed by atoms with Gasteiger partial charge in [-0.2, -0.15) is 13.2 Å². The van der Waals surface area contributed by atoms with E-state index in [-0.39, 0.29) is 43.9 Å². The maximum atomic E-state index is 14.2. The molecule has 1 amide bonds. The number of nitrogens with one attached hydrogen (secondary N) is 1. The van der Waals surface area contributed by atoms with E-state index in [9.17, 15) is 35.3 Å². The zero-order valence-electron chi connectivity index (χ0n) is 18.5. The SMILES string of the molecule is CC(C)(C)[S@@](=O)N[C@@H](CC(=O)N1CCn2c(nnc2C(F)(F)F)C1)Cc1cc(F)c(F)cc1F. The second-order valence-corrected chi connectivity index (χ2v) is 10.9. The van der Waals surface area contributed by atoms with Gasteiger partial charge in [-0.15, -0.1) is 10.2 Å². The molecule has 0 aliphatic carbocycles. The summed E-state index contributed by atoms with van der Waals surface area (Å²) in [6.45, 7) is 4.55. The molecule has 0 saturated carbocycles. The van der Waals surface area contributed by atoms with Crippen LogP contribution >= 0.6 is 0 Å². The zero-order chi connectivity index (χ0) is 25.4. The van der Waals surface area contributed by atoms with E-state index in [4.69, 9.17) is 0 Å². The first kappa shape index (κ1) is 26.1. The number of halogens is 6. The minimum absolute atomic E-state index is 0.0404. The predicted octanol–water partition coefficient (Wildman–Crippen LogP) is 3.11. The van der Waals surface area contributed by atoms with Crippen molar-refractivity contribution in [2.75, 3.05) is 6.54 Å². The molecule has 0 spiro atoms. The van der Waals surface area contributed by atoms with Crippen molar-refractivity contribution in [2.24, 2.45) is 0 Å². The average molecular weight is 511 g/mol. The highest BCUT2D eigenvalue weighted by Gasteiger charge is 2.40. The first-order valence-corrected chi connectivity index (χ1v) is 11.4. The van der Waals surface area contributed by atoms with E-state index in [0.717, 1.165) is 4.57 Å². The summed E-state index contributed by atoms with van der Waals surface area (Å²) in [7, 11) is -1.68. The van der Waals surface area contributed by atoms with Crippen molar-refractivity contribution >= 4 is 16.9 Å². The molecule has 1 aromatic carbocycles. The van der Waals surface area contributed by atoms with Crippen LogP contribution in [0.2, 0.25) is 0 Å². The molecule has 2 heterocycles. The molecule has 0 unspecified atom stereocenters. The van der Waals surface area contributed by atoms with Gasteiger partial charge in [0.05, 0.1) is 22.3 Å². The summed E-state index contributed by atoms with van der Waals surface area (Å²) in [4.78, 5) is 14.2. The molecule has 188 valence electrons. The largest absolute Gasteiger partial charge is 0.451 e. The number of fused-ring (bicyclic) bond motifs is 1. The van der Waals surface area contributed by atoms with Crippen LogP contribution in [0.3, 0.4) is 0 Å². The highest BCUT2D eigenvalue weighted by atomic mass is 32.2. The van der Waals surface area contributed by atoms with Crippen LogP contribution in [0.1, 0.15) is 44.4 Å². The Morgan fingerprint density at radius 3 is 2.35 bits per heavy atom. The molecule has 1 aliphatic rings. The number of hydrogen-bond donors (Lipinski definition) is 1. The van der Waals surface area contributed by atoms with Gasteiger partial charge in [0, 0.05) is 31.6 Å². The van der Waals surface area contributed by atoms with E-state index in [1.54, 1.807) is 20.8 Å². The van der Waals surface area contributed by atoms with Gasteiger partial charge in [-0.3, -0.25) is 4.79 Å². The molecule has 0 fully saturated rings. The van der Waals surface area contributed by atoms with E-state index in [2.05, 4.69) is 14.9 Å². The lowest BCUT2D eigenvalue weighted by Gasteiger charge is -2.30. The Kier molecular flexibility index (Phi) is 7.41. The van der Waals surface area contributed by atoms with Crippen LogP contribution in [0.25, 0.3) is 0 Å². The molecule has 1 aromatic heterocycles. The molecular formula is C20H23F6N5O2S. The zero-order valence-corrected chi connectivity index (χ0v) is 19.4. The van der Waals surface area contributed by atoms with Gasteiger partial charge >= 0.3 is 6.18 Å². The molecule has 0 radical (unpaired) electrons. The summed E-state index contributed by atoms with van der Waals surface area (Å²) in [5.41, 5.74) is -0.219. The molecule has 14 heteroatoms. The number of nitrogens with zero attached hydrogens (tertiary/aromatic N) is 4. The van der Waals surface area contributed by atoms with Gasteiger partial charge < -0.3 is 9.47 Å². The third-order valence-corrected chi connectivity index (χ3v) is 6.83. The molecule has 2 atom stereocenters. The second kappa shape index (κ2) is 9.64. The molecule has 2 aromatic rings. The van der Waals surface area contributed by atoms with Gasteiger partial charge in [-0.05, 0) is 38.8 Å². The molecule has 1 aliphatic heterocycles. The predicted molar refractivity (Wildman–Crippen MR) is 110 cm³/mol. The number of rotatable bonds is 6. The third kappa shape index (κ3) is 5.95. The topological polar surface area (TPSA) is 80.1 Å². The third-order valence-electron chi connectivity index (χ3n) is 5.17. The Hall–Kier alpha value is -2.48. The number of amides is 1. The first-order chi connectivity index (χ1) is 15.7. The highest BCUT2D eigenvalue weighted by molar-refractivity contribution is 7.84. The van der Waals surface area contributed by atoms with Crippen LogP contribution in [-0.2, 0) is 41.5 Å². The number of carbonyl (C=O) groups excluding carboxylic acids is 1. The summed E-state index contributed by atoms with van der Waals surface area (Å²) >= 11 is 0. The van der Waals surface area contributed by atoms with Gasteiger partial charge in [0.25, 0.3) is 0 Å². The molecule has 3 rings (SSSR count). The number of carbonyl (C=O) groups is 1. The number of benzene rings is 1. The van der Waals surface area contributed by atoms with Crippen molar-refractivity contribution < 1.29 is 35.3 Å². The fraction of sp³-hybridized carbons (Fsp3) is 0.550. The summed E-state index contributed by atoms with van der Waals surface area (Å²) in [6.07, 6.45) is -5.28. The lowest BCUT2D eigenvalue weighted by atomic mass is 10.0. The molecule has 34 heavy (non-hydrogen) atoms. The Balaban J connectivity index is 1.78. The molecule has 1 N–H and O–H groups in total. The van der Waals surface area contributed by atoms with Gasteiger partial charge in [-0.1, -0.05) is 0 Å². The van der Waals surface area contributed by atoms with E-state index >= 15 is 0 Å². The van der Waals surface area contributed by atoms with Crippen LogP contribution in [-0.4, -0.2) is 47.1 Å². The number of alkyl halides is 3. The fourth-order valence-electron chi connectivity index (χ4n) is 3.39. The fourth-order valence-corrected chi connectivity index (χ4v) is 4.21. The van der Waals surface area contributed by atoms with Crippen molar-refractivity contribution in [1.82, 2.24) is 24.4 Å². The smallest absolute Gasteiger partial charge is 0.333 e. The van der Waals surface area contributed by atoms with Crippen molar-refractivity contribution in [3.05, 3.63) is 46.8 Å². The standard InChI is InChI=1S/C20H23F6N5O2S/c1-19(2,3)34(33)29-12(6-11-7-14(22)15(23)9-13(11)21)8-17(32)30-4-5-31-16(10-30)27-28-18(31)20(24,25)26/h7,9,12,29H,4-6,8,10H2,1-3H3/t12-,34-/m1/s1. The van der Waals surface area contributed by atoms with Gasteiger partial charge in [0.15, 0.2) is 17.5 Å². The monoisotopic (exact) mass is 511 g/mol. The Morgan fingerprint density at radius 2 is 1.74 bits per heavy atom. The molecule has 0 saturated heterocycles. The van der Waals surface area contributed by atoms with E-state index in [1.165, 1.54) is 4.90 Å². The van der Waals surface area contributed by atoms with Crippen molar-refractivity contribution in [2.45, 2.75) is 63.7 Å². The van der Waals surface area contributed by atoms with E-state index in [0.29, 0.717) is 12.1 Å². The minimum atomic E-state index is -4.68. The van der Waals surface area contributed by atoms with E-state index in [1.807, 2.05) is 0 Å². The Bertz CT molecular complexity index is 1100. The summed E-state index contributed by atoms with van der Waals surface area (Å²) in [5, 5.41) is 6.68. The van der Waals surface area contributed by atoms with Crippen molar-refractivity contribution in [3.63, 3.8) is 0 Å². The molecule has 0 bridgehead atoms. The number of aromatic nitrogens is 3.